The van der Waals surface area contributed by atoms with Crippen LogP contribution in [0.5, 0.6) is 0 Å². The summed E-state index contributed by atoms with van der Waals surface area (Å²) in [5, 5.41) is 0. The van der Waals surface area contributed by atoms with Crippen LogP contribution in [-0.2, 0) is 17.5 Å². The Labute approximate surface area is 148 Å². The summed E-state index contributed by atoms with van der Waals surface area (Å²) in [5.41, 5.74) is -0.676. The van der Waals surface area contributed by atoms with Crippen LogP contribution in [-0.4, -0.2) is 41.7 Å². The molecule has 0 radical (unpaired) electrons. The number of H-pyrrole nitrogens is 1. The highest BCUT2D eigenvalue weighted by molar-refractivity contribution is 5.60. The van der Waals surface area contributed by atoms with Gasteiger partial charge in [-0.2, -0.15) is 13.2 Å². The largest absolute Gasteiger partial charge is 0.433 e. The molecule has 140 valence electrons. The van der Waals surface area contributed by atoms with E-state index in [-0.39, 0.29) is 5.82 Å². The number of ether oxygens (including phenoxy) is 1. The lowest BCUT2D eigenvalue weighted by molar-refractivity contribution is -0.141. The van der Waals surface area contributed by atoms with Crippen LogP contribution in [0.1, 0.15) is 17.7 Å². The van der Waals surface area contributed by atoms with Crippen LogP contribution < -0.4 is 5.56 Å². The van der Waals surface area contributed by atoms with Crippen LogP contribution in [0.4, 0.5) is 13.2 Å². The Balaban J connectivity index is 1.89. The molecule has 0 bridgehead atoms. The molecule has 2 heterocycles. The fraction of sp³-hybridized carbons (Fsp3) is 0.444. The van der Waals surface area contributed by atoms with Gasteiger partial charge < -0.3 is 9.72 Å². The molecule has 1 unspecified atom stereocenters. The maximum absolute atomic E-state index is 13.0. The Kier molecular flexibility index (Phi) is 5.43. The number of rotatable bonds is 5. The van der Waals surface area contributed by atoms with Crippen LogP contribution in [0, 0.1) is 5.92 Å². The second-order valence-electron chi connectivity index (χ2n) is 6.48. The van der Waals surface area contributed by atoms with E-state index in [1.54, 1.807) is 19.2 Å². The van der Waals surface area contributed by atoms with E-state index >= 15 is 0 Å². The Bertz CT molecular complexity index is 820. The number of alkyl halides is 3. The van der Waals surface area contributed by atoms with E-state index in [1.807, 2.05) is 12.1 Å². The molecule has 2 aromatic rings. The zero-order chi connectivity index (χ0) is 18.7. The fourth-order valence-corrected chi connectivity index (χ4v) is 3.29. The van der Waals surface area contributed by atoms with E-state index < -0.39 is 17.4 Å². The van der Waals surface area contributed by atoms with Crippen molar-refractivity contribution in [2.45, 2.75) is 19.1 Å². The zero-order valence-electron chi connectivity index (χ0n) is 14.3. The van der Waals surface area contributed by atoms with E-state index in [9.17, 15) is 18.0 Å². The average Bonchev–Trinajstić information content (AvgIpc) is 3.01. The predicted molar refractivity (Wildman–Crippen MR) is 90.6 cm³/mol. The van der Waals surface area contributed by atoms with Gasteiger partial charge in [0.1, 0.15) is 5.82 Å². The third-order valence-corrected chi connectivity index (χ3v) is 4.47. The summed E-state index contributed by atoms with van der Waals surface area (Å²) < 4.78 is 44.1. The Hall–Kier alpha value is -2.19. The van der Waals surface area contributed by atoms with Gasteiger partial charge in [0.2, 0.25) is 0 Å². The molecule has 5 nitrogen and oxygen atoms in total. The predicted octanol–water partition coefficient (Wildman–Crippen LogP) is 2.92. The van der Waals surface area contributed by atoms with Crippen molar-refractivity contribution in [3.05, 3.63) is 51.9 Å². The van der Waals surface area contributed by atoms with E-state index in [0.29, 0.717) is 30.7 Å². The SMILES string of the molecule is COCC1CCN(Cc2ccccc2-c2nc(C(F)(F)F)cc(=O)[nH]2)C1. The average molecular weight is 367 g/mol. The lowest BCUT2D eigenvalue weighted by Crippen LogP contribution is -2.22. The number of hydrogen-bond donors (Lipinski definition) is 1. The highest BCUT2D eigenvalue weighted by atomic mass is 19.4. The van der Waals surface area contributed by atoms with Crippen LogP contribution in [0.25, 0.3) is 11.4 Å². The van der Waals surface area contributed by atoms with Gasteiger partial charge in [0.15, 0.2) is 5.69 Å². The first-order valence-corrected chi connectivity index (χ1v) is 8.35. The minimum Gasteiger partial charge on any atom is -0.384 e. The Morgan fingerprint density at radius 3 is 2.85 bits per heavy atom. The monoisotopic (exact) mass is 367 g/mol. The lowest BCUT2D eigenvalue weighted by atomic mass is 10.1. The second-order valence-corrected chi connectivity index (χ2v) is 6.48. The summed E-state index contributed by atoms with van der Waals surface area (Å²) in [6, 6.07) is 7.54. The van der Waals surface area contributed by atoms with Crippen molar-refractivity contribution in [1.29, 1.82) is 0 Å². The quantitative estimate of drug-likeness (QED) is 0.883. The molecule has 1 aliphatic heterocycles. The topological polar surface area (TPSA) is 58.2 Å². The fourth-order valence-electron chi connectivity index (χ4n) is 3.29. The maximum atomic E-state index is 13.0. The molecular formula is C18H20F3N3O2. The van der Waals surface area contributed by atoms with Gasteiger partial charge in [-0.25, -0.2) is 4.98 Å². The molecule has 1 N–H and O–H groups in total. The van der Waals surface area contributed by atoms with E-state index in [1.165, 1.54) is 0 Å². The molecule has 1 saturated heterocycles. The van der Waals surface area contributed by atoms with E-state index in [4.69, 9.17) is 4.74 Å². The minimum atomic E-state index is -4.67. The van der Waals surface area contributed by atoms with Gasteiger partial charge >= 0.3 is 6.18 Å². The van der Waals surface area contributed by atoms with Crippen molar-refractivity contribution in [3.8, 4) is 11.4 Å². The van der Waals surface area contributed by atoms with Gasteiger partial charge in [0, 0.05) is 31.8 Å². The van der Waals surface area contributed by atoms with Crippen LogP contribution in [0.3, 0.4) is 0 Å². The molecular weight excluding hydrogens is 347 g/mol. The van der Waals surface area contributed by atoms with Crippen molar-refractivity contribution in [2.75, 3.05) is 26.8 Å². The smallest absolute Gasteiger partial charge is 0.384 e. The van der Waals surface area contributed by atoms with E-state index in [0.717, 1.165) is 25.1 Å². The molecule has 0 saturated carbocycles. The van der Waals surface area contributed by atoms with Gasteiger partial charge in [-0.05, 0) is 24.4 Å². The highest BCUT2D eigenvalue weighted by Gasteiger charge is 2.33. The molecule has 3 rings (SSSR count). The van der Waals surface area contributed by atoms with Gasteiger partial charge in [-0.3, -0.25) is 9.69 Å². The maximum Gasteiger partial charge on any atom is 0.433 e. The highest BCUT2D eigenvalue weighted by Crippen LogP contribution is 2.29. The standard InChI is InChI=1S/C18H20F3N3O2/c1-26-11-12-6-7-24(9-12)10-13-4-2-3-5-14(13)17-22-15(18(19,20)21)8-16(25)23-17/h2-5,8,12H,6-7,9-11H2,1H3,(H,22,23,25). The summed E-state index contributed by atoms with van der Waals surface area (Å²) >= 11 is 0. The number of aromatic amines is 1. The first-order chi connectivity index (χ1) is 12.4. The molecule has 8 heteroatoms. The number of benzene rings is 1. The van der Waals surface area contributed by atoms with Crippen molar-refractivity contribution < 1.29 is 17.9 Å². The third kappa shape index (κ3) is 4.31. The molecule has 1 aromatic heterocycles. The number of nitrogens with one attached hydrogen (secondary N) is 1. The normalized spacial score (nSPS) is 18.4. The molecule has 1 aromatic carbocycles. The summed E-state index contributed by atoms with van der Waals surface area (Å²) in [4.78, 5) is 20.0. The third-order valence-electron chi connectivity index (χ3n) is 4.47. The van der Waals surface area contributed by atoms with Crippen LogP contribution in [0.2, 0.25) is 0 Å². The second kappa shape index (κ2) is 7.59. The number of hydrogen-bond acceptors (Lipinski definition) is 4. The van der Waals surface area contributed by atoms with Gasteiger partial charge in [0.05, 0.1) is 6.61 Å². The molecule has 1 aliphatic rings. The van der Waals surface area contributed by atoms with Crippen molar-refractivity contribution >= 4 is 0 Å². The number of likely N-dealkylation sites (tertiary alicyclic amines) is 1. The summed E-state index contributed by atoms with van der Waals surface area (Å²) in [6.07, 6.45) is -3.64. The zero-order valence-corrected chi connectivity index (χ0v) is 14.3. The summed E-state index contributed by atoms with van der Waals surface area (Å²) in [6.45, 7) is 3.04. The van der Waals surface area contributed by atoms with Crippen LogP contribution >= 0.6 is 0 Å². The molecule has 1 atom stereocenters. The summed E-state index contributed by atoms with van der Waals surface area (Å²) in [5.74, 6) is 0.395. The van der Waals surface area contributed by atoms with Crippen molar-refractivity contribution in [2.24, 2.45) is 5.92 Å². The molecule has 0 aliphatic carbocycles. The molecule has 1 fully saturated rings. The lowest BCUT2D eigenvalue weighted by Gasteiger charge is -2.18. The Morgan fingerprint density at radius 1 is 1.35 bits per heavy atom. The molecule has 26 heavy (non-hydrogen) atoms. The van der Waals surface area contributed by atoms with Gasteiger partial charge in [-0.1, -0.05) is 24.3 Å². The molecule has 0 spiro atoms. The van der Waals surface area contributed by atoms with Crippen molar-refractivity contribution in [1.82, 2.24) is 14.9 Å². The van der Waals surface area contributed by atoms with Gasteiger partial charge in [0.25, 0.3) is 5.56 Å². The number of aromatic nitrogens is 2. The first-order valence-electron chi connectivity index (χ1n) is 8.35. The minimum absolute atomic E-state index is 0.0620. The van der Waals surface area contributed by atoms with E-state index in [2.05, 4.69) is 14.9 Å². The first kappa shape index (κ1) is 18.6. The number of nitrogens with zero attached hydrogens (tertiary/aromatic N) is 2. The molecule has 0 amide bonds. The number of methoxy groups -OCH3 is 1. The summed E-state index contributed by atoms with van der Waals surface area (Å²) in [7, 11) is 1.67. The Morgan fingerprint density at radius 2 is 2.12 bits per heavy atom. The van der Waals surface area contributed by atoms with Crippen LogP contribution in [0.15, 0.2) is 35.1 Å². The number of halogens is 3. The van der Waals surface area contributed by atoms with Crippen molar-refractivity contribution in [3.63, 3.8) is 0 Å². The van der Waals surface area contributed by atoms with Gasteiger partial charge in [-0.15, -0.1) is 0 Å².